The molecule has 0 aliphatic carbocycles. The molecule has 1 aromatic rings. The summed E-state index contributed by atoms with van der Waals surface area (Å²) < 4.78 is 5.70. The van der Waals surface area contributed by atoms with E-state index in [0.29, 0.717) is 12.0 Å². The van der Waals surface area contributed by atoms with Crippen LogP contribution < -0.4 is 5.32 Å². The van der Waals surface area contributed by atoms with E-state index in [1.807, 2.05) is 7.11 Å². The highest BCUT2D eigenvalue weighted by atomic mass is 16.5. The zero-order valence-electron chi connectivity index (χ0n) is 13.3. The van der Waals surface area contributed by atoms with E-state index < -0.39 is 0 Å². The molecule has 0 spiro atoms. The normalized spacial score (nSPS) is 14.7. The topological polar surface area (TPSA) is 21.3 Å². The maximum atomic E-state index is 5.70. The molecule has 2 atom stereocenters. The summed E-state index contributed by atoms with van der Waals surface area (Å²) in [4.78, 5) is 0. The lowest BCUT2D eigenvalue weighted by Crippen LogP contribution is -2.45. The molecule has 0 aliphatic rings. The van der Waals surface area contributed by atoms with E-state index in [4.69, 9.17) is 4.74 Å². The summed E-state index contributed by atoms with van der Waals surface area (Å²) in [5.41, 5.74) is 4.07. The molecule has 0 bridgehead atoms. The van der Waals surface area contributed by atoms with Crippen LogP contribution in [-0.4, -0.2) is 25.8 Å². The maximum absolute atomic E-state index is 5.70. The van der Waals surface area contributed by atoms with Crippen LogP contribution in [0, 0.1) is 19.8 Å². The van der Waals surface area contributed by atoms with Crippen LogP contribution in [0.3, 0.4) is 0 Å². The fraction of sp³-hybridized carbons (Fsp3) is 0.647. The standard InChI is InChI=1S/C17H29NO/c1-7-18-16(17(19-6)12(2)3)11-15-9-13(4)8-14(5)10-15/h8-10,12,16-18H,7,11H2,1-6H3. The Balaban J connectivity index is 2.87. The van der Waals surface area contributed by atoms with Crippen LogP contribution >= 0.6 is 0 Å². The van der Waals surface area contributed by atoms with Gasteiger partial charge in [-0.3, -0.25) is 0 Å². The predicted octanol–water partition coefficient (Wildman–Crippen LogP) is 3.50. The van der Waals surface area contributed by atoms with Crippen LogP contribution in [0.5, 0.6) is 0 Å². The first-order valence-electron chi connectivity index (χ1n) is 7.31. The second-order valence-electron chi connectivity index (χ2n) is 5.81. The second kappa shape index (κ2) is 7.66. The molecule has 0 fully saturated rings. The van der Waals surface area contributed by atoms with Gasteiger partial charge in [0.15, 0.2) is 0 Å². The van der Waals surface area contributed by atoms with Gasteiger partial charge in [0.05, 0.1) is 6.10 Å². The van der Waals surface area contributed by atoms with Crippen molar-refractivity contribution < 1.29 is 4.74 Å². The Morgan fingerprint density at radius 1 is 1.11 bits per heavy atom. The third-order valence-electron chi connectivity index (χ3n) is 3.53. The minimum Gasteiger partial charge on any atom is -0.380 e. The molecule has 2 nitrogen and oxygen atoms in total. The molecular formula is C17H29NO. The molecule has 0 heterocycles. The predicted molar refractivity (Wildman–Crippen MR) is 82.7 cm³/mol. The summed E-state index contributed by atoms with van der Waals surface area (Å²) in [7, 11) is 1.82. The van der Waals surface area contributed by atoms with Crippen molar-refractivity contribution in [1.29, 1.82) is 0 Å². The van der Waals surface area contributed by atoms with Crippen molar-refractivity contribution in [2.24, 2.45) is 5.92 Å². The van der Waals surface area contributed by atoms with Crippen LogP contribution in [-0.2, 0) is 11.2 Å². The summed E-state index contributed by atoms with van der Waals surface area (Å²) in [5.74, 6) is 0.514. The van der Waals surface area contributed by atoms with Crippen molar-refractivity contribution in [2.75, 3.05) is 13.7 Å². The number of likely N-dealkylation sites (N-methyl/N-ethyl adjacent to an activating group) is 1. The Hall–Kier alpha value is -0.860. The molecule has 0 aromatic heterocycles. The van der Waals surface area contributed by atoms with Gasteiger partial charge in [0.25, 0.3) is 0 Å². The highest BCUT2D eigenvalue weighted by Crippen LogP contribution is 2.17. The lowest BCUT2D eigenvalue weighted by atomic mass is 9.92. The molecule has 0 aliphatic heterocycles. The third-order valence-corrected chi connectivity index (χ3v) is 3.53. The molecule has 0 saturated heterocycles. The van der Waals surface area contributed by atoms with Crippen molar-refractivity contribution in [2.45, 2.75) is 53.2 Å². The van der Waals surface area contributed by atoms with Crippen molar-refractivity contribution in [3.8, 4) is 0 Å². The summed E-state index contributed by atoms with van der Waals surface area (Å²) >= 11 is 0. The lowest BCUT2D eigenvalue weighted by molar-refractivity contribution is 0.0337. The van der Waals surface area contributed by atoms with Gasteiger partial charge in [0.2, 0.25) is 0 Å². The van der Waals surface area contributed by atoms with Gasteiger partial charge in [-0.25, -0.2) is 0 Å². The molecule has 1 aromatic carbocycles. The van der Waals surface area contributed by atoms with Gasteiger partial charge in [-0.1, -0.05) is 50.1 Å². The SMILES string of the molecule is CCNC(Cc1cc(C)cc(C)c1)C(OC)C(C)C. The Labute approximate surface area is 118 Å². The van der Waals surface area contributed by atoms with Crippen molar-refractivity contribution in [3.05, 3.63) is 34.9 Å². The number of hydrogen-bond donors (Lipinski definition) is 1. The minimum atomic E-state index is 0.251. The number of methoxy groups -OCH3 is 1. The van der Waals surface area contributed by atoms with Gasteiger partial charge in [-0.2, -0.15) is 0 Å². The van der Waals surface area contributed by atoms with Gasteiger partial charge in [0, 0.05) is 13.2 Å². The number of benzene rings is 1. The Morgan fingerprint density at radius 2 is 1.68 bits per heavy atom. The van der Waals surface area contributed by atoms with Gasteiger partial charge < -0.3 is 10.1 Å². The van der Waals surface area contributed by atoms with Gasteiger partial charge >= 0.3 is 0 Å². The number of ether oxygens (including phenoxy) is 1. The monoisotopic (exact) mass is 263 g/mol. The number of aryl methyl sites for hydroxylation is 2. The van der Waals surface area contributed by atoms with Crippen LogP contribution in [0.25, 0.3) is 0 Å². The average Bonchev–Trinajstić information content (AvgIpc) is 2.28. The van der Waals surface area contributed by atoms with Crippen molar-refractivity contribution in [1.82, 2.24) is 5.32 Å². The molecule has 0 saturated carbocycles. The number of hydrogen-bond acceptors (Lipinski definition) is 2. The molecule has 0 radical (unpaired) electrons. The summed E-state index contributed by atoms with van der Waals surface area (Å²) in [6, 6.07) is 7.16. The maximum Gasteiger partial charge on any atom is 0.0750 e. The Bertz CT molecular complexity index is 367. The quantitative estimate of drug-likeness (QED) is 0.813. The first-order chi connectivity index (χ1) is 8.97. The first kappa shape index (κ1) is 16.2. The van der Waals surface area contributed by atoms with Crippen molar-refractivity contribution in [3.63, 3.8) is 0 Å². The number of rotatable bonds is 7. The van der Waals surface area contributed by atoms with E-state index in [-0.39, 0.29) is 6.10 Å². The third kappa shape index (κ3) is 4.96. The zero-order chi connectivity index (χ0) is 14.4. The molecular weight excluding hydrogens is 234 g/mol. The van der Waals surface area contributed by atoms with Crippen LogP contribution in [0.2, 0.25) is 0 Å². The van der Waals surface area contributed by atoms with Gasteiger partial charge in [0.1, 0.15) is 0 Å². The molecule has 1 rings (SSSR count). The smallest absolute Gasteiger partial charge is 0.0750 e. The molecule has 1 N–H and O–H groups in total. The summed E-state index contributed by atoms with van der Waals surface area (Å²) in [6.45, 7) is 11.9. The molecule has 0 amide bonds. The van der Waals surface area contributed by atoms with Gasteiger partial charge in [-0.15, -0.1) is 0 Å². The summed E-state index contributed by atoms with van der Waals surface area (Å²) in [6.07, 6.45) is 1.27. The van der Waals surface area contributed by atoms with Crippen LogP contribution in [0.15, 0.2) is 18.2 Å². The van der Waals surface area contributed by atoms with E-state index in [1.165, 1.54) is 16.7 Å². The fourth-order valence-corrected chi connectivity index (χ4v) is 2.91. The van der Waals surface area contributed by atoms with Crippen LogP contribution in [0.4, 0.5) is 0 Å². The highest BCUT2D eigenvalue weighted by molar-refractivity contribution is 5.29. The zero-order valence-corrected chi connectivity index (χ0v) is 13.3. The Morgan fingerprint density at radius 3 is 2.11 bits per heavy atom. The molecule has 2 heteroatoms. The largest absolute Gasteiger partial charge is 0.380 e. The van der Waals surface area contributed by atoms with E-state index in [2.05, 4.69) is 58.1 Å². The van der Waals surface area contributed by atoms with E-state index in [1.54, 1.807) is 0 Å². The Kier molecular flexibility index (Phi) is 6.53. The molecule has 108 valence electrons. The fourth-order valence-electron chi connectivity index (χ4n) is 2.91. The minimum absolute atomic E-state index is 0.251. The van der Waals surface area contributed by atoms with Crippen molar-refractivity contribution >= 4 is 0 Å². The summed E-state index contributed by atoms with van der Waals surface area (Å²) in [5, 5.41) is 3.58. The van der Waals surface area contributed by atoms with E-state index in [9.17, 15) is 0 Å². The van der Waals surface area contributed by atoms with E-state index >= 15 is 0 Å². The van der Waals surface area contributed by atoms with E-state index in [0.717, 1.165) is 13.0 Å². The van der Waals surface area contributed by atoms with Gasteiger partial charge in [-0.05, 0) is 38.3 Å². The highest BCUT2D eigenvalue weighted by Gasteiger charge is 2.23. The molecule has 19 heavy (non-hydrogen) atoms. The molecule has 2 unspecified atom stereocenters. The lowest BCUT2D eigenvalue weighted by Gasteiger charge is -2.30. The van der Waals surface area contributed by atoms with Crippen LogP contribution in [0.1, 0.15) is 37.5 Å². The second-order valence-corrected chi connectivity index (χ2v) is 5.81. The average molecular weight is 263 g/mol. The number of nitrogens with one attached hydrogen (secondary N) is 1. The first-order valence-corrected chi connectivity index (χ1v) is 7.31.